The van der Waals surface area contributed by atoms with Gasteiger partial charge in [-0.3, -0.25) is 10.1 Å². The van der Waals surface area contributed by atoms with Gasteiger partial charge in [0, 0.05) is 24.6 Å². The molecule has 6 nitrogen and oxygen atoms in total. The Labute approximate surface area is 126 Å². The van der Waals surface area contributed by atoms with Crippen LogP contribution in [0, 0.1) is 34.2 Å². The van der Waals surface area contributed by atoms with Crippen molar-refractivity contribution < 1.29 is 18.8 Å². The van der Waals surface area contributed by atoms with Gasteiger partial charge in [-0.2, -0.15) is 0 Å². The summed E-state index contributed by atoms with van der Waals surface area (Å²) in [5, 5.41) is 11.0. The zero-order valence-electron chi connectivity index (χ0n) is 11.8. The van der Waals surface area contributed by atoms with E-state index in [1.807, 2.05) is 0 Å². The molecule has 1 aromatic rings. The van der Waals surface area contributed by atoms with Crippen LogP contribution in [0.3, 0.4) is 0 Å². The van der Waals surface area contributed by atoms with E-state index in [9.17, 15) is 14.5 Å². The first kappa shape index (κ1) is 14.5. The molecule has 0 spiro atoms. The first-order valence-electron chi connectivity index (χ1n) is 6.71. The highest BCUT2D eigenvalue weighted by Crippen LogP contribution is 2.44. The maximum absolute atomic E-state index is 14.4. The Hall–Kier alpha value is -2.46. The van der Waals surface area contributed by atoms with Crippen LogP contribution in [0.5, 0.6) is 0 Å². The van der Waals surface area contributed by atoms with E-state index in [2.05, 4.69) is 10.9 Å². The van der Waals surface area contributed by atoms with E-state index < -0.39 is 22.2 Å². The summed E-state index contributed by atoms with van der Waals surface area (Å²) in [6.45, 7) is 2.21. The van der Waals surface area contributed by atoms with Crippen molar-refractivity contribution >= 4 is 11.6 Å². The van der Waals surface area contributed by atoms with Crippen LogP contribution in [-0.2, 0) is 15.0 Å². The fourth-order valence-electron chi connectivity index (χ4n) is 3.01. The van der Waals surface area contributed by atoms with Crippen LogP contribution in [0.4, 0.5) is 10.1 Å². The van der Waals surface area contributed by atoms with Gasteiger partial charge in [0.15, 0.2) is 11.4 Å². The maximum Gasteiger partial charge on any atom is 0.270 e. The quantitative estimate of drug-likeness (QED) is 0.476. The van der Waals surface area contributed by atoms with Gasteiger partial charge < -0.3 is 9.47 Å². The Balaban J connectivity index is 2.22. The molecule has 0 saturated carbocycles. The number of halogens is 1. The first-order valence-corrected chi connectivity index (χ1v) is 6.71. The van der Waals surface area contributed by atoms with Crippen LogP contribution in [0.2, 0.25) is 0 Å². The number of nitro groups is 1. The highest BCUT2D eigenvalue weighted by atomic mass is 19.1. The van der Waals surface area contributed by atoms with Gasteiger partial charge in [0.1, 0.15) is 11.9 Å². The lowest BCUT2D eigenvalue weighted by atomic mass is 9.76. The second-order valence-electron chi connectivity index (χ2n) is 5.26. The first-order chi connectivity index (χ1) is 10.5. The van der Waals surface area contributed by atoms with Gasteiger partial charge in [-0.15, -0.1) is 6.42 Å². The molecule has 1 fully saturated rings. The van der Waals surface area contributed by atoms with Crippen molar-refractivity contribution in [3.05, 3.63) is 39.7 Å². The smallest absolute Gasteiger partial charge is 0.270 e. The van der Waals surface area contributed by atoms with E-state index in [1.54, 1.807) is 6.92 Å². The number of benzene rings is 1. The van der Waals surface area contributed by atoms with Gasteiger partial charge in [-0.05, 0) is 6.07 Å². The Kier molecular flexibility index (Phi) is 3.34. The predicted octanol–water partition coefficient (Wildman–Crippen LogP) is 2.03. The maximum atomic E-state index is 14.4. The number of terminal acetylenes is 1. The summed E-state index contributed by atoms with van der Waals surface area (Å²) in [5.74, 6) is 1.82. The van der Waals surface area contributed by atoms with Crippen LogP contribution in [-0.4, -0.2) is 30.1 Å². The minimum atomic E-state index is -1.36. The summed E-state index contributed by atoms with van der Waals surface area (Å²) in [4.78, 5) is 14.7. The van der Waals surface area contributed by atoms with Crippen molar-refractivity contribution in [1.82, 2.24) is 0 Å². The fraction of sp³-hybridized carbons (Fsp3) is 0.400. The van der Waals surface area contributed by atoms with Crippen molar-refractivity contribution in [2.75, 3.05) is 13.2 Å². The van der Waals surface area contributed by atoms with Crippen molar-refractivity contribution in [3.63, 3.8) is 0 Å². The molecule has 22 heavy (non-hydrogen) atoms. The Morgan fingerprint density at radius 1 is 1.55 bits per heavy atom. The SMILES string of the molecule is C#C[C@]1(c2cc([N+](=O)[O-])ccc2F)N=C(C)O[C@@H]2COC[C@@H]21. The molecule has 0 radical (unpaired) electrons. The average molecular weight is 304 g/mol. The molecule has 0 unspecified atom stereocenters. The average Bonchev–Trinajstić information content (AvgIpc) is 2.95. The number of rotatable bonds is 2. The Morgan fingerprint density at radius 3 is 3.00 bits per heavy atom. The lowest BCUT2D eigenvalue weighted by molar-refractivity contribution is -0.385. The summed E-state index contributed by atoms with van der Waals surface area (Å²) in [6.07, 6.45) is 5.34. The molecule has 114 valence electrons. The summed E-state index contributed by atoms with van der Waals surface area (Å²) in [7, 11) is 0. The highest BCUT2D eigenvalue weighted by molar-refractivity contribution is 5.76. The van der Waals surface area contributed by atoms with Gasteiger partial charge in [0.2, 0.25) is 0 Å². The number of hydrogen-bond donors (Lipinski definition) is 0. The number of hydrogen-bond acceptors (Lipinski definition) is 5. The molecule has 2 heterocycles. The molecule has 2 aliphatic heterocycles. The summed E-state index contributed by atoms with van der Waals surface area (Å²) >= 11 is 0. The van der Waals surface area contributed by atoms with Crippen LogP contribution < -0.4 is 0 Å². The largest absolute Gasteiger partial charge is 0.475 e. The predicted molar refractivity (Wildman–Crippen MR) is 75.9 cm³/mol. The molecule has 1 saturated heterocycles. The van der Waals surface area contributed by atoms with Gasteiger partial charge in [0.05, 0.1) is 24.1 Å². The molecule has 1 aromatic carbocycles. The number of nitro benzene ring substituents is 1. The van der Waals surface area contributed by atoms with Crippen LogP contribution >= 0.6 is 0 Å². The van der Waals surface area contributed by atoms with Crippen molar-refractivity contribution in [1.29, 1.82) is 0 Å². The molecule has 2 aliphatic rings. The van der Waals surface area contributed by atoms with Crippen molar-refractivity contribution in [2.24, 2.45) is 10.9 Å². The fourth-order valence-corrected chi connectivity index (χ4v) is 3.01. The van der Waals surface area contributed by atoms with Gasteiger partial charge in [-0.1, -0.05) is 5.92 Å². The van der Waals surface area contributed by atoms with E-state index in [0.29, 0.717) is 12.5 Å². The number of ether oxygens (including phenoxy) is 2. The van der Waals surface area contributed by atoms with Crippen LogP contribution in [0.1, 0.15) is 12.5 Å². The normalized spacial score (nSPS) is 30.0. The summed E-state index contributed by atoms with van der Waals surface area (Å²) in [6, 6.07) is 3.28. The molecule has 0 aromatic heterocycles. The Bertz CT molecular complexity index is 712. The van der Waals surface area contributed by atoms with E-state index in [1.165, 1.54) is 0 Å². The van der Waals surface area contributed by atoms with E-state index in [4.69, 9.17) is 15.9 Å². The lowest BCUT2D eigenvalue weighted by Gasteiger charge is -2.37. The van der Waals surface area contributed by atoms with Gasteiger partial charge in [0.25, 0.3) is 5.69 Å². The number of aliphatic imine (C=N–C) groups is 1. The van der Waals surface area contributed by atoms with E-state index in [0.717, 1.165) is 18.2 Å². The molecule has 3 rings (SSSR count). The van der Waals surface area contributed by atoms with Crippen LogP contribution in [0.15, 0.2) is 23.2 Å². The molecular formula is C15H13FN2O4. The number of nitrogens with zero attached hydrogens (tertiary/aromatic N) is 2. The molecule has 0 bridgehead atoms. The van der Waals surface area contributed by atoms with Gasteiger partial charge >= 0.3 is 0 Å². The molecule has 3 atom stereocenters. The number of non-ortho nitro benzene ring substituents is 1. The van der Waals surface area contributed by atoms with E-state index >= 15 is 0 Å². The standard InChI is InChI=1S/C15H13FN2O4/c1-3-15(11-6-10(18(19)20)4-5-13(11)16)12-7-21-8-14(12)22-9(2)17-15/h1,4-6,12,14H,7-8H2,2H3/t12-,14+,15+/m0/s1. The molecule has 0 N–H and O–H groups in total. The highest BCUT2D eigenvalue weighted by Gasteiger charge is 2.52. The molecule has 7 heteroatoms. The Morgan fingerprint density at radius 2 is 2.32 bits per heavy atom. The summed E-state index contributed by atoms with van der Waals surface area (Å²) in [5.41, 5.74) is -1.59. The summed E-state index contributed by atoms with van der Waals surface area (Å²) < 4.78 is 25.3. The minimum absolute atomic E-state index is 0.00681. The third kappa shape index (κ3) is 2.04. The van der Waals surface area contributed by atoms with Gasteiger partial charge in [-0.25, -0.2) is 9.38 Å². The zero-order valence-corrected chi connectivity index (χ0v) is 11.8. The lowest BCUT2D eigenvalue weighted by Crippen LogP contribution is -2.45. The molecule has 0 amide bonds. The number of fused-ring (bicyclic) bond motifs is 1. The minimum Gasteiger partial charge on any atom is -0.475 e. The van der Waals surface area contributed by atoms with Crippen molar-refractivity contribution in [3.8, 4) is 12.3 Å². The van der Waals surface area contributed by atoms with Crippen molar-refractivity contribution in [2.45, 2.75) is 18.6 Å². The monoisotopic (exact) mass is 304 g/mol. The third-order valence-corrected chi connectivity index (χ3v) is 4.01. The second kappa shape index (κ2) is 5.07. The zero-order chi connectivity index (χ0) is 15.9. The molecular weight excluding hydrogens is 291 g/mol. The molecule has 0 aliphatic carbocycles. The topological polar surface area (TPSA) is 74.0 Å². The second-order valence-corrected chi connectivity index (χ2v) is 5.26. The third-order valence-electron chi connectivity index (χ3n) is 4.01. The van der Waals surface area contributed by atoms with Crippen LogP contribution in [0.25, 0.3) is 0 Å². The van der Waals surface area contributed by atoms with E-state index in [-0.39, 0.29) is 24.0 Å².